The van der Waals surface area contributed by atoms with E-state index in [9.17, 15) is 9.59 Å². The van der Waals surface area contributed by atoms with Crippen molar-refractivity contribution in [3.8, 4) is 0 Å². The van der Waals surface area contributed by atoms with Crippen LogP contribution in [0.5, 0.6) is 0 Å². The van der Waals surface area contributed by atoms with E-state index in [1.54, 1.807) is 0 Å². The average Bonchev–Trinajstić information content (AvgIpc) is 2.53. The monoisotopic (exact) mass is 317 g/mol. The van der Waals surface area contributed by atoms with Gasteiger partial charge in [-0.25, -0.2) is 0 Å². The minimum atomic E-state index is -0.741. The van der Waals surface area contributed by atoms with Crippen LogP contribution < -0.4 is 0 Å². The molecule has 4 nitrogen and oxygen atoms in total. The quantitative estimate of drug-likeness (QED) is 0.906. The van der Waals surface area contributed by atoms with Crippen molar-refractivity contribution in [1.29, 1.82) is 0 Å². The van der Waals surface area contributed by atoms with Crippen LogP contribution >= 0.6 is 0 Å². The standard InChI is InChI=1S/C19H27NO3/c1-14-13-20(12-10-16(14)18(22)23)17(21)9-11-19(2,3)15-7-5-4-6-8-15/h4-8,14,16H,9-13H2,1-3H3,(H,22,23). The van der Waals surface area contributed by atoms with Gasteiger partial charge in [0.25, 0.3) is 0 Å². The Balaban J connectivity index is 1.89. The van der Waals surface area contributed by atoms with E-state index in [2.05, 4.69) is 26.0 Å². The van der Waals surface area contributed by atoms with Crippen LogP contribution in [0.4, 0.5) is 0 Å². The Labute approximate surface area is 138 Å². The normalized spacial score (nSPS) is 22.0. The predicted molar refractivity (Wildman–Crippen MR) is 90.2 cm³/mol. The SMILES string of the molecule is CC1CN(C(=O)CCC(C)(C)c2ccccc2)CCC1C(=O)O. The molecule has 0 bridgehead atoms. The number of hydrogen-bond acceptors (Lipinski definition) is 2. The van der Waals surface area contributed by atoms with Crippen LogP contribution in [0.2, 0.25) is 0 Å². The van der Waals surface area contributed by atoms with Crippen LogP contribution in [-0.2, 0) is 15.0 Å². The number of aliphatic carboxylic acids is 1. The third-order valence-electron chi connectivity index (χ3n) is 5.09. The number of amides is 1. The summed E-state index contributed by atoms with van der Waals surface area (Å²) in [5.41, 5.74) is 1.20. The maximum Gasteiger partial charge on any atom is 0.306 e. The molecule has 1 saturated heterocycles. The number of nitrogens with zero attached hydrogens (tertiary/aromatic N) is 1. The summed E-state index contributed by atoms with van der Waals surface area (Å²) >= 11 is 0. The second kappa shape index (κ2) is 7.16. The largest absolute Gasteiger partial charge is 0.481 e. The lowest BCUT2D eigenvalue weighted by atomic mass is 9.80. The summed E-state index contributed by atoms with van der Waals surface area (Å²) < 4.78 is 0. The summed E-state index contributed by atoms with van der Waals surface area (Å²) in [6.45, 7) is 7.36. The highest BCUT2D eigenvalue weighted by molar-refractivity contribution is 5.77. The average molecular weight is 317 g/mol. The third kappa shape index (κ3) is 4.34. The highest BCUT2D eigenvalue weighted by atomic mass is 16.4. The van der Waals surface area contributed by atoms with Crippen LogP contribution in [0.25, 0.3) is 0 Å². The first-order chi connectivity index (χ1) is 10.8. The molecule has 1 aromatic rings. The summed E-state index contributed by atoms with van der Waals surface area (Å²) in [5, 5.41) is 9.17. The Bertz CT molecular complexity index is 553. The van der Waals surface area contributed by atoms with Crippen molar-refractivity contribution in [2.45, 2.75) is 45.4 Å². The number of rotatable bonds is 5. The van der Waals surface area contributed by atoms with Crippen LogP contribution in [0.15, 0.2) is 30.3 Å². The first kappa shape index (κ1) is 17.5. The summed E-state index contributed by atoms with van der Waals surface area (Å²) in [6.07, 6.45) is 1.86. The lowest BCUT2D eigenvalue weighted by Crippen LogP contribution is -2.45. The second-order valence-electron chi connectivity index (χ2n) is 7.30. The maximum absolute atomic E-state index is 12.5. The van der Waals surface area contributed by atoms with Gasteiger partial charge in [0, 0.05) is 19.5 Å². The molecule has 1 aromatic carbocycles. The molecule has 2 atom stereocenters. The van der Waals surface area contributed by atoms with Crippen LogP contribution in [-0.4, -0.2) is 35.0 Å². The lowest BCUT2D eigenvalue weighted by molar-refractivity contribution is -0.148. The summed E-state index contributed by atoms with van der Waals surface area (Å²) in [4.78, 5) is 25.5. The van der Waals surface area contributed by atoms with Crippen molar-refractivity contribution in [1.82, 2.24) is 4.90 Å². The van der Waals surface area contributed by atoms with Crippen molar-refractivity contribution in [3.05, 3.63) is 35.9 Å². The highest BCUT2D eigenvalue weighted by Crippen LogP contribution is 2.29. The number of carbonyl (C=O) groups is 2. The first-order valence-corrected chi connectivity index (χ1v) is 8.37. The van der Waals surface area contributed by atoms with E-state index in [4.69, 9.17) is 5.11 Å². The molecule has 126 valence electrons. The predicted octanol–water partition coefficient (Wildman–Crippen LogP) is 3.31. The van der Waals surface area contributed by atoms with Crippen LogP contribution in [0.1, 0.15) is 45.6 Å². The van der Waals surface area contributed by atoms with E-state index in [1.165, 1.54) is 5.56 Å². The Morgan fingerprint density at radius 1 is 1.26 bits per heavy atom. The number of piperidine rings is 1. The number of carboxylic acids is 1. The molecule has 0 saturated carbocycles. The fraction of sp³-hybridized carbons (Fsp3) is 0.579. The second-order valence-corrected chi connectivity index (χ2v) is 7.30. The van der Waals surface area contributed by atoms with Gasteiger partial charge < -0.3 is 10.0 Å². The van der Waals surface area contributed by atoms with E-state index < -0.39 is 5.97 Å². The summed E-state index contributed by atoms with van der Waals surface area (Å²) in [7, 11) is 0. The van der Waals surface area contributed by atoms with Gasteiger partial charge in [0.05, 0.1) is 5.92 Å². The number of hydrogen-bond donors (Lipinski definition) is 1. The topological polar surface area (TPSA) is 57.6 Å². The van der Waals surface area contributed by atoms with E-state index in [1.807, 2.05) is 30.0 Å². The van der Waals surface area contributed by atoms with E-state index in [-0.39, 0.29) is 23.2 Å². The molecule has 1 aliphatic rings. The number of likely N-dealkylation sites (tertiary alicyclic amines) is 1. The Morgan fingerprint density at radius 2 is 1.91 bits per heavy atom. The van der Waals surface area contributed by atoms with Crippen molar-refractivity contribution in [2.75, 3.05) is 13.1 Å². The van der Waals surface area contributed by atoms with Crippen molar-refractivity contribution in [2.24, 2.45) is 11.8 Å². The molecule has 2 unspecified atom stereocenters. The number of carboxylic acid groups (broad SMARTS) is 1. The fourth-order valence-electron chi connectivity index (χ4n) is 3.35. The van der Waals surface area contributed by atoms with Gasteiger partial charge in [0.1, 0.15) is 0 Å². The van der Waals surface area contributed by atoms with E-state index in [0.29, 0.717) is 25.9 Å². The molecule has 2 rings (SSSR count). The van der Waals surface area contributed by atoms with Gasteiger partial charge in [0.15, 0.2) is 0 Å². The third-order valence-corrected chi connectivity index (χ3v) is 5.09. The van der Waals surface area contributed by atoms with Gasteiger partial charge in [-0.1, -0.05) is 51.1 Å². The summed E-state index contributed by atoms with van der Waals surface area (Å²) in [5.74, 6) is -0.897. The molecule has 1 aliphatic heterocycles. The highest BCUT2D eigenvalue weighted by Gasteiger charge is 2.33. The molecular formula is C19H27NO3. The van der Waals surface area contributed by atoms with E-state index in [0.717, 1.165) is 6.42 Å². The Morgan fingerprint density at radius 3 is 2.48 bits per heavy atom. The molecule has 1 heterocycles. The minimum absolute atomic E-state index is 0.0207. The summed E-state index contributed by atoms with van der Waals surface area (Å²) in [6, 6.07) is 10.3. The number of benzene rings is 1. The van der Waals surface area contributed by atoms with Gasteiger partial charge in [-0.3, -0.25) is 9.59 Å². The van der Waals surface area contributed by atoms with Crippen molar-refractivity contribution in [3.63, 3.8) is 0 Å². The molecule has 23 heavy (non-hydrogen) atoms. The molecule has 1 amide bonds. The molecule has 1 fully saturated rings. The van der Waals surface area contributed by atoms with Gasteiger partial charge in [-0.15, -0.1) is 0 Å². The molecular weight excluding hydrogens is 290 g/mol. The Hall–Kier alpha value is -1.84. The number of carbonyl (C=O) groups excluding carboxylic acids is 1. The van der Waals surface area contributed by atoms with E-state index >= 15 is 0 Å². The molecule has 0 aromatic heterocycles. The van der Waals surface area contributed by atoms with Crippen LogP contribution in [0.3, 0.4) is 0 Å². The zero-order valence-corrected chi connectivity index (χ0v) is 14.3. The van der Waals surface area contributed by atoms with Crippen molar-refractivity contribution < 1.29 is 14.7 Å². The van der Waals surface area contributed by atoms with Gasteiger partial charge in [0.2, 0.25) is 5.91 Å². The lowest BCUT2D eigenvalue weighted by Gasteiger charge is -2.35. The zero-order valence-electron chi connectivity index (χ0n) is 14.3. The van der Waals surface area contributed by atoms with Gasteiger partial charge in [-0.2, -0.15) is 0 Å². The zero-order chi connectivity index (χ0) is 17.0. The molecule has 1 N–H and O–H groups in total. The smallest absolute Gasteiger partial charge is 0.306 e. The minimum Gasteiger partial charge on any atom is -0.481 e. The fourth-order valence-corrected chi connectivity index (χ4v) is 3.35. The first-order valence-electron chi connectivity index (χ1n) is 8.37. The molecule has 0 radical (unpaired) electrons. The molecule has 0 spiro atoms. The molecule has 4 heteroatoms. The van der Waals surface area contributed by atoms with Gasteiger partial charge in [-0.05, 0) is 29.7 Å². The maximum atomic E-state index is 12.5. The Kier molecular flexibility index (Phi) is 5.45. The molecule has 0 aliphatic carbocycles. The van der Waals surface area contributed by atoms with Crippen molar-refractivity contribution >= 4 is 11.9 Å². The van der Waals surface area contributed by atoms with Gasteiger partial charge >= 0.3 is 5.97 Å². The van der Waals surface area contributed by atoms with Crippen LogP contribution in [0, 0.1) is 11.8 Å².